The number of hydrogen-bond acceptors (Lipinski definition) is 6. The number of benzene rings is 5. The highest BCUT2D eigenvalue weighted by atomic mass is 32.1. The number of thiophene rings is 1. The van der Waals surface area contributed by atoms with Crippen molar-refractivity contribution in [3.63, 3.8) is 0 Å². The smallest absolute Gasteiger partial charge is 0.161 e. The zero-order valence-electron chi connectivity index (χ0n) is 36.8. The van der Waals surface area contributed by atoms with E-state index in [0.717, 1.165) is 92.6 Å². The van der Waals surface area contributed by atoms with Crippen LogP contribution in [0, 0.1) is 11.8 Å². The molecule has 4 aliphatic rings. The summed E-state index contributed by atoms with van der Waals surface area (Å²) in [5.74, 6) is 2.86. The Bertz CT molecular complexity index is 3300. The molecule has 314 valence electrons. The van der Waals surface area contributed by atoms with Crippen molar-refractivity contribution < 1.29 is 4.42 Å². The van der Waals surface area contributed by atoms with Crippen LogP contribution in [-0.4, -0.2) is 34.8 Å². The molecule has 5 aromatic carbocycles. The number of fused-ring (bicyclic) bond motifs is 8. The zero-order valence-corrected chi connectivity index (χ0v) is 37.6. The van der Waals surface area contributed by atoms with Crippen LogP contribution in [0.1, 0.15) is 84.5 Å². The topological polar surface area (TPSA) is 54.0 Å². The van der Waals surface area contributed by atoms with Crippen LogP contribution in [0.15, 0.2) is 160 Å². The number of amidine groups is 2. The van der Waals surface area contributed by atoms with E-state index in [-0.39, 0.29) is 17.5 Å². The number of hydrogen-bond donors (Lipinski definition) is 0. The fourth-order valence-electron chi connectivity index (χ4n) is 11.1. The number of nitrogens with zero attached hydrogens (tertiary/aromatic N) is 4. The van der Waals surface area contributed by atoms with Gasteiger partial charge in [0.1, 0.15) is 23.3 Å². The minimum Gasteiger partial charge on any atom is -0.454 e. The molecule has 5 unspecified atom stereocenters. The molecule has 0 spiro atoms. The van der Waals surface area contributed by atoms with E-state index in [1.807, 2.05) is 11.3 Å². The number of allylic oxidation sites excluding steroid dienone is 3. The summed E-state index contributed by atoms with van der Waals surface area (Å²) in [5.41, 5.74) is 13.2. The predicted octanol–water partition coefficient (Wildman–Crippen LogP) is 15.0. The van der Waals surface area contributed by atoms with E-state index in [1.54, 1.807) is 0 Å². The first kappa shape index (κ1) is 39.0. The van der Waals surface area contributed by atoms with Crippen molar-refractivity contribution in [3.8, 4) is 22.3 Å². The lowest BCUT2D eigenvalue weighted by Gasteiger charge is -2.45. The molecule has 0 N–H and O–H groups in total. The van der Waals surface area contributed by atoms with E-state index in [2.05, 4.69) is 190 Å². The first-order valence-corrected chi connectivity index (χ1v) is 23.7. The fourth-order valence-corrected chi connectivity index (χ4v) is 12.6. The lowest BCUT2D eigenvalue weighted by Crippen LogP contribution is -2.53. The third kappa shape index (κ3) is 6.21. The van der Waals surface area contributed by atoms with Gasteiger partial charge in [0, 0.05) is 50.0 Å². The molecule has 0 saturated heterocycles. The third-order valence-electron chi connectivity index (χ3n) is 14.5. The Kier molecular flexibility index (Phi) is 9.31. The molecule has 12 rings (SSSR count). The molecule has 5 atom stereocenters. The van der Waals surface area contributed by atoms with Crippen LogP contribution < -0.4 is 0 Å². The normalized spacial score (nSPS) is 22.9. The van der Waals surface area contributed by atoms with Crippen LogP contribution in [0.2, 0.25) is 0 Å². The van der Waals surface area contributed by atoms with Crippen LogP contribution in [0.5, 0.6) is 0 Å². The van der Waals surface area contributed by atoms with E-state index in [1.165, 1.54) is 37.6 Å². The Hall–Kier alpha value is -6.63. The maximum atomic E-state index is 6.87. The van der Waals surface area contributed by atoms with Crippen LogP contribution in [-0.2, 0) is 5.41 Å². The van der Waals surface area contributed by atoms with Crippen molar-refractivity contribution in [1.82, 2.24) is 9.88 Å². The Labute approximate surface area is 378 Å². The molecule has 0 amide bonds. The largest absolute Gasteiger partial charge is 0.454 e. The van der Waals surface area contributed by atoms with Crippen molar-refractivity contribution >= 4 is 73.6 Å². The lowest BCUT2D eigenvalue weighted by atomic mass is 9.74. The van der Waals surface area contributed by atoms with Crippen LogP contribution in [0.3, 0.4) is 0 Å². The van der Waals surface area contributed by atoms with Gasteiger partial charge >= 0.3 is 0 Å². The second kappa shape index (κ2) is 15.3. The molecule has 3 aromatic heterocycles. The molecular weight excluding hydrogens is 801 g/mol. The van der Waals surface area contributed by atoms with Gasteiger partial charge in [-0.15, -0.1) is 11.3 Å². The summed E-state index contributed by atoms with van der Waals surface area (Å²) in [6.07, 6.45) is 15.7. The summed E-state index contributed by atoms with van der Waals surface area (Å²) in [6.45, 7) is 7.19. The summed E-state index contributed by atoms with van der Waals surface area (Å²) in [5, 5.41) is 3.34. The van der Waals surface area contributed by atoms with Gasteiger partial charge in [-0.05, 0) is 90.0 Å². The van der Waals surface area contributed by atoms with Crippen molar-refractivity contribution in [2.24, 2.45) is 21.8 Å². The van der Waals surface area contributed by atoms with E-state index in [4.69, 9.17) is 19.4 Å². The lowest BCUT2D eigenvalue weighted by molar-refractivity contribution is 0.221. The number of para-hydroxylation sites is 2. The molecule has 0 fully saturated rings. The maximum absolute atomic E-state index is 6.87. The second-order valence-corrected chi connectivity index (χ2v) is 19.6. The molecule has 8 aromatic rings. The maximum Gasteiger partial charge on any atom is 0.161 e. The van der Waals surface area contributed by atoms with Crippen LogP contribution in [0.25, 0.3) is 72.8 Å². The zero-order chi connectivity index (χ0) is 43.1. The standard InChI is InChI=1S/C58H50N4OS/c1-35-27-28-41(51-53-50(43-21-11-12-25-47(43)63-53)44-23-14-22-42(52(44)59-51)39-31-29-38(30-32-39)37-17-7-5-8-18-37)34-46(35)56-60-55(40-19-9-6-10-20-40)61-57(62(56)4)58(3)33-15-24-45-49-36(2)16-13-26-48(49)64-54(45)58/h5-15,17-26,29-32,34-36,46,56H,16,27-28,33H2,1-4H3. The molecule has 0 saturated carbocycles. The molecule has 1 aliphatic heterocycles. The van der Waals surface area contributed by atoms with Crippen molar-refractivity contribution in [1.29, 1.82) is 0 Å². The first-order valence-electron chi connectivity index (χ1n) is 22.9. The van der Waals surface area contributed by atoms with Crippen molar-refractivity contribution in [2.75, 3.05) is 7.05 Å². The van der Waals surface area contributed by atoms with Gasteiger partial charge in [0.2, 0.25) is 0 Å². The Balaban J connectivity index is 1.01. The number of aliphatic imine (C=N–C) groups is 2. The van der Waals surface area contributed by atoms with Gasteiger partial charge in [-0.25, -0.2) is 15.0 Å². The van der Waals surface area contributed by atoms with E-state index in [0.29, 0.717) is 11.8 Å². The van der Waals surface area contributed by atoms with Gasteiger partial charge in [-0.1, -0.05) is 159 Å². The monoisotopic (exact) mass is 850 g/mol. The quantitative estimate of drug-likeness (QED) is 0.167. The summed E-state index contributed by atoms with van der Waals surface area (Å²) >= 11 is 1.96. The molecular formula is C58H50N4OS. The molecule has 0 bridgehead atoms. The predicted molar refractivity (Wildman–Crippen MR) is 269 cm³/mol. The number of furan rings is 1. The Morgan fingerprint density at radius 3 is 2.28 bits per heavy atom. The highest BCUT2D eigenvalue weighted by molar-refractivity contribution is 7.13. The average molecular weight is 851 g/mol. The van der Waals surface area contributed by atoms with Crippen molar-refractivity contribution in [2.45, 2.75) is 64.0 Å². The minimum absolute atomic E-state index is 0.0948. The Morgan fingerprint density at radius 1 is 0.750 bits per heavy atom. The number of likely N-dealkylation sites (N-methyl/N-ethyl adjacent to an activating group) is 1. The highest BCUT2D eigenvalue weighted by Gasteiger charge is 2.46. The van der Waals surface area contributed by atoms with Gasteiger partial charge in [-0.3, -0.25) is 0 Å². The van der Waals surface area contributed by atoms with Gasteiger partial charge in [0.25, 0.3) is 0 Å². The summed E-state index contributed by atoms with van der Waals surface area (Å²) in [4.78, 5) is 22.1. The SMILES string of the molecule is CC1CC=Cc2sc3c(c21)C=CCC3(C)C1=NC(c2ccccc2)=NC(C2C=C(c3nc4c(-c5ccc(-c6ccccc6)cc5)cccc4c4c3oc3ccccc34)CCC2C)N1C. The van der Waals surface area contributed by atoms with Gasteiger partial charge < -0.3 is 9.32 Å². The Morgan fingerprint density at radius 2 is 1.47 bits per heavy atom. The van der Waals surface area contributed by atoms with Gasteiger partial charge in [0.15, 0.2) is 11.4 Å². The fraction of sp³-hybridized carbons (Fsp3) is 0.224. The number of pyridine rings is 1. The molecule has 4 heterocycles. The third-order valence-corrected chi connectivity index (χ3v) is 16.0. The molecule has 6 heteroatoms. The van der Waals surface area contributed by atoms with Crippen molar-refractivity contribution in [3.05, 3.63) is 178 Å². The van der Waals surface area contributed by atoms with Crippen LogP contribution >= 0.6 is 11.3 Å². The first-order chi connectivity index (χ1) is 31.3. The van der Waals surface area contributed by atoms with E-state index < -0.39 is 0 Å². The summed E-state index contributed by atoms with van der Waals surface area (Å²) < 4.78 is 6.87. The molecule has 64 heavy (non-hydrogen) atoms. The number of aromatic nitrogens is 1. The van der Waals surface area contributed by atoms with E-state index >= 15 is 0 Å². The molecule has 0 radical (unpaired) electrons. The molecule has 5 nitrogen and oxygen atoms in total. The summed E-state index contributed by atoms with van der Waals surface area (Å²) in [7, 11) is 2.24. The molecule has 3 aliphatic carbocycles. The van der Waals surface area contributed by atoms with Gasteiger partial charge in [-0.2, -0.15) is 0 Å². The average Bonchev–Trinajstić information content (AvgIpc) is 3.93. The van der Waals surface area contributed by atoms with Crippen LogP contribution in [0.4, 0.5) is 0 Å². The number of rotatable bonds is 6. The van der Waals surface area contributed by atoms with Gasteiger partial charge in [0.05, 0.1) is 10.9 Å². The summed E-state index contributed by atoms with van der Waals surface area (Å²) in [6, 6.07) is 45.1. The minimum atomic E-state index is -0.316. The second-order valence-electron chi connectivity index (χ2n) is 18.6. The highest BCUT2D eigenvalue weighted by Crippen LogP contribution is 2.51. The van der Waals surface area contributed by atoms with E-state index in [9.17, 15) is 0 Å².